The largest absolute Gasteiger partial charge is 0.493 e. The number of piperidine rings is 1. The first kappa shape index (κ1) is 16.1. The summed E-state index contributed by atoms with van der Waals surface area (Å²) in [6.45, 7) is 7.00. The van der Waals surface area contributed by atoms with Gasteiger partial charge in [-0.2, -0.15) is 0 Å². The monoisotopic (exact) mass is 292 g/mol. The zero-order valence-electron chi connectivity index (χ0n) is 13.7. The first-order valence-electron chi connectivity index (χ1n) is 7.87. The second kappa shape index (κ2) is 7.66. The molecule has 0 bridgehead atoms. The summed E-state index contributed by atoms with van der Waals surface area (Å²) in [6.07, 6.45) is 2.43. The Bertz CT molecular complexity index is 450. The van der Waals surface area contributed by atoms with E-state index in [-0.39, 0.29) is 0 Å². The fourth-order valence-electron chi connectivity index (χ4n) is 2.84. The van der Waals surface area contributed by atoms with Crippen LogP contribution < -0.4 is 14.8 Å². The van der Waals surface area contributed by atoms with Crippen molar-refractivity contribution in [3.63, 3.8) is 0 Å². The third kappa shape index (κ3) is 4.35. The second-order valence-corrected chi connectivity index (χ2v) is 5.85. The summed E-state index contributed by atoms with van der Waals surface area (Å²) in [5.74, 6) is 1.63. The number of nitrogens with one attached hydrogen (secondary N) is 1. The standard InChI is InChI=1S/C17H28N2O2/c1-5-21-17-11-14(6-7-16(17)20-4)12-18-15-8-9-19(3)13(2)10-15/h6-7,11,13,15,18H,5,8-10,12H2,1-4H3. The maximum Gasteiger partial charge on any atom is 0.161 e. The number of ether oxygens (including phenoxy) is 2. The van der Waals surface area contributed by atoms with Gasteiger partial charge in [-0.15, -0.1) is 0 Å². The van der Waals surface area contributed by atoms with Crippen LogP contribution in [0.1, 0.15) is 32.3 Å². The number of benzene rings is 1. The highest BCUT2D eigenvalue weighted by atomic mass is 16.5. The van der Waals surface area contributed by atoms with Crippen LogP contribution in [0.3, 0.4) is 0 Å². The van der Waals surface area contributed by atoms with Crippen LogP contribution in [0.25, 0.3) is 0 Å². The Hall–Kier alpha value is -1.26. The van der Waals surface area contributed by atoms with Crippen LogP contribution >= 0.6 is 0 Å². The molecular weight excluding hydrogens is 264 g/mol. The van der Waals surface area contributed by atoms with Crippen molar-refractivity contribution in [1.82, 2.24) is 10.2 Å². The minimum absolute atomic E-state index is 0.605. The van der Waals surface area contributed by atoms with Gasteiger partial charge in [0, 0.05) is 18.6 Å². The summed E-state index contributed by atoms with van der Waals surface area (Å²) in [6, 6.07) is 7.43. The molecule has 2 atom stereocenters. The van der Waals surface area contributed by atoms with E-state index in [1.165, 1.54) is 24.9 Å². The van der Waals surface area contributed by atoms with E-state index in [4.69, 9.17) is 9.47 Å². The molecule has 1 heterocycles. The van der Waals surface area contributed by atoms with Crippen LogP contribution in [0.2, 0.25) is 0 Å². The highest BCUT2D eigenvalue weighted by Crippen LogP contribution is 2.28. The van der Waals surface area contributed by atoms with E-state index >= 15 is 0 Å². The molecule has 1 aliphatic heterocycles. The molecule has 2 rings (SSSR count). The van der Waals surface area contributed by atoms with Gasteiger partial charge >= 0.3 is 0 Å². The van der Waals surface area contributed by atoms with Crippen molar-refractivity contribution in [2.24, 2.45) is 0 Å². The second-order valence-electron chi connectivity index (χ2n) is 5.85. The molecule has 0 aromatic heterocycles. The summed E-state index contributed by atoms with van der Waals surface area (Å²) in [5, 5.41) is 3.67. The first-order valence-corrected chi connectivity index (χ1v) is 7.87. The third-order valence-corrected chi connectivity index (χ3v) is 4.33. The molecule has 4 nitrogen and oxygen atoms in total. The quantitative estimate of drug-likeness (QED) is 0.874. The maximum absolute atomic E-state index is 5.63. The van der Waals surface area contributed by atoms with Gasteiger partial charge in [0.2, 0.25) is 0 Å². The summed E-state index contributed by atoms with van der Waals surface area (Å²) in [4.78, 5) is 2.43. The summed E-state index contributed by atoms with van der Waals surface area (Å²) in [7, 11) is 3.88. The van der Waals surface area contributed by atoms with Crippen molar-refractivity contribution in [2.45, 2.75) is 45.3 Å². The summed E-state index contributed by atoms with van der Waals surface area (Å²) < 4.78 is 11.0. The Labute approximate surface area is 128 Å². The maximum atomic E-state index is 5.63. The highest BCUT2D eigenvalue weighted by molar-refractivity contribution is 5.42. The summed E-state index contributed by atoms with van der Waals surface area (Å²) in [5.41, 5.74) is 1.24. The van der Waals surface area contributed by atoms with Gasteiger partial charge < -0.3 is 19.7 Å². The zero-order chi connectivity index (χ0) is 15.2. The van der Waals surface area contributed by atoms with Crippen molar-refractivity contribution in [2.75, 3.05) is 27.3 Å². The molecule has 0 saturated carbocycles. The number of methoxy groups -OCH3 is 1. The molecule has 0 amide bonds. The molecule has 4 heteroatoms. The van der Waals surface area contributed by atoms with Gasteiger partial charge in [0.1, 0.15) is 0 Å². The van der Waals surface area contributed by atoms with Crippen molar-refractivity contribution in [3.05, 3.63) is 23.8 Å². The van der Waals surface area contributed by atoms with Gasteiger partial charge in [0.05, 0.1) is 13.7 Å². The molecule has 1 N–H and O–H groups in total. The molecular formula is C17H28N2O2. The number of hydrogen-bond acceptors (Lipinski definition) is 4. The molecule has 1 fully saturated rings. The predicted octanol–water partition coefficient (Wildman–Crippen LogP) is 2.67. The lowest BCUT2D eigenvalue weighted by atomic mass is 9.98. The van der Waals surface area contributed by atoms with Crippen LogP contribution in [0.5, 0.6) is 11.5 Å². The molecule has 0 spiro atoms. The van der Waals surface area contributed by atoms with Gasteiger partial charge in [-0.25, -0.2) is 0 Å². The molecule has 1 aliphatic rings. The van der Waals surface area contributed by atoms with Crippen LogP contribution in [0.15, 0.2) is 18.2 Å². The minimum atomic E-state index is 0.605. The van der Waals surface area contributed by atoms with Gasteiger partial charge in [0.15, 0.2) is 11.5 Å². The van der Waals surface area contributed by atoms with Gasteiger partial charge in [-0.3, -0.25) is 0 Å². The summed E-state index contributed by atoms with van der Waals surface area (Å²) >= 11 is 0. The fraction of sp³-hybridized carbons (Fsp3) is 0.647. The molecule has 1 aromatic carbocycles. The Morgan fingerprint density at radius 3 is 2.81 bits per heavy atom. The van der Waals surface area contributed by atoms with E-state index in [0.717, 1.165) is 18.0 Å². The van der Waals surface area contributed by atoms with Crippen molar-refractivity contribution >= 4 is 0 Å². The Balaban J connectivity index is 1.92. The van der Waals surface area contributed by atoms with Crippen molar-refractivity contribution in [1.29, 1.82) is 0 Å². The number of rotatable bonds is 6. The number of likely N-dealkylation sites (tertiary alicyclic amines) is 1. The lowest BCUT2D eigenvalue weighted by Crippen LogP contribution is -2.45. The lowest BCUT2D eigenvalue weighted by molar-refractivity contribution is 0.168. The van der Waals surface area contributed by atoms with E-state index in [9.17, 15) is 0 Å². The number of nitrogens with zero attached hydrogens (tertiary/aromatic N) is 1. The van der Waals surface area contributed by atoms with Gasteiger partial charge in [-0.1, -0.05) is 6.07 Å². The normalized spacial score (nSPS) is 23.0. The SMILES string of the molecule is CCOc1cc(CNC2CCN(C)C(C)C2)ccc1OC. The molecule has 1 saturated heterocycles. The first-order chi connectivity index (χ1) is 10.1. The molecule has 0 radical (unpaired) electrons. The van der Waals surface area contributed by atoms with E-state index in [0.29, 0.717) is 18.7 Å². The predicted molar refractivity (Wildman–Crippen MR) is 86.1 cm³/mol. The molecule has 0 aliphatic carbocycles. The van der Waals surface area contributed by atoms with E-state index in [1.54, 1.807) is 7.11 Å². The Kier molecular flexibility index (Phi) is 5.88. The van der Waals surface area contributed by atoms with Crippen LogP contribution in [0, 0.1) is 0 Å². The zero-order valence-corrected chi connectivity index (χ0v) is 13.7. The van der Waals surface area contributed by atoms with E-state index in [1.807, 2.05) is 13.0 Å². The number of hydrogen-bond donors (Lipinski definition) is 1. The Morgan fingerprint density at radius 1 is 1.33 bits per heavy atom. The average molecular weight is 292 g/mol. The topological polar surface area (TPSA) is 33.7 Å². The van der Waals surface area contributed by atoms with Gasteiger partial charge in [0.25, 0.3) is 0 Å². The molecule has 21 heavy (non-hydrogen) atoms. The smallest absolute Gasteiger partial charge is 0.161 e. The van der Waals surface area contributed by atoms with E-state index < -0.39 is 0 Å². The van der Waals surface area contributed by atoms with Crippen molar-refractivity contribution in [3.8, 4) is 11.5 Å². The minimum Gasteiger partial charge on any atom is -0.493 e. The Morgan fingerprint density at radius 2 is 2.14 bits per heavy atom. The van der Waals surface area contributed by atoms with Crippen LogP contribution in [-0.4, -0.2) is 44.3 Å². The van der Waals surface area contributed by atoms with Crippen LogP contribution in [0.4, 0.5) is 0 Å². The molecule has 2 unspecified atom stereocenters. The van der Waals surface area contributed by atoms with E-state index in [2.05, 4.69) is 36.3 Å². The van der Waals surface area contributed by atoms with Crippen LogP contribution in [-0.2, 0) is 6.54 Å². The lowest BCUT2D eigenvalue weighted by Gasteiger charge is -2.35. The third-order valence-electron chi connectivity index (χ3n) is 4.33. The highest BCUT2D eigenvalue weighted by Gasteiger charge is 2.22. The molecule has 1 aromatic rings. The van der Waals surface area contributed by atoms with Gasteiger partial charge in [-0.05, 0) is 58.0 Å². The fourth-order valence-corrected chi connectivity index (χ4v) is 2.84. The molecule has 118 valence electrons. The average Bonchev–Trinajstić information content (AvgIpc) is 2.49. The van der Waals surface area contributed by atoms with Crippen molar-refractivity contribution < 1.29 is 9.47 Å².